The lowest BCUT2D eigenvalue weighted by atomic mass is 9.82. The number of aliphatic hydroxyl groups excluding tert-OH is 1. The molecule has 7 heteroatoms. The fourth-order valence-electron chi connectivity index (χ4n) is 4.79. The second kappa shape index (κ2) is 8.63. The van der Waals surface area contributed by atoms with Gasteiger partial charge in [0.15, 0.2) is 0 Å². The van der Waals surface area contributed by atoms with Crippen LogP contribution in [0, 0.1) is 11.3 Å². The smallest absolute Gasteiger partial charge is 0.222 e. The SMILES string of the molecule is CCCc1ccc(CN2C[C@H]3CN(C(=O)CCc4cnccn4)C[C@@]3(CO)C2)o1. The maximum atomic E-state index is 12.7. The van der Waals surface area contributed by atoms with E-state index >= 15 is 0 Å². The molecule has 7 nitrogen and oxygen atoms in total. The molecular weight excluding hydrogens is 368 g/mol. The van der Waals surface area contributed by atoms with E-state index in [1.807, 2.05) is 4.90 Å². The molecule has 2 aromatic rings. The molecule has 0 aromatic carbocycles. The summed E-state index contributed by atoms with van der Waals surface area (Å²) >= 11 is 0. The van der Waals surface area contributed by atoms with Gasteiger partial charge >= 0.3 is 0 Å². The van der Waals surface area contributed by atoms with Crippen molar-refractivity contribution < 1.29 is 14.3 Å². The van der Waals surface area contributed by atoms with Gasteiger partial charge in [-0.15, -0.1) is 0 Å². The van der Waals surface area contributed by atoms with E-state index in [0.29, 0.717) is 25.3 Å². The second-order valence-corrected chi connectivity index (χ2v) is 8.48. The number of aromatic nitrogens is 2. The molecule has 2 atom stereocenters. The van der Waals surface area contributed by atoms with Gasteiger partial charge in [0.25, 0.3) is 0 Å². The number of aryl methyl sites for hydroxylation is 2. The van der Waals surface area contributed by atoms with Crippen LogP contribution in [0.1, 0.15) is 37.0 Å². The molecule has 0 unspecified atom stereocenters. The summed E-state index contributed by atoms with van der Waals surface area (Å²) in [6, 6.07) is 4.13. The van der Waals surface area contributed by atoms with Gasteiger partial charge in [-0.05, 0) is 30.9 Å². The fourth-order valence-corrected chi connectivity index (χ4v) is 4.79. The molecule has 2 aliphatic rings. The number of amides is 1. The lowest BCUT2D eigenvalue weighted by Gasteiger charge is -2.27. The van der Waals surface area contributed by atoms with E-state index in [9.17, 15) is 9.90 Å². The van der Waals surface area contributed by atoms with Gasteiger partial charge in [-0.2, -0.15) is 0 Å². The Balaban J connectivity index is 1.32. The first-order chi connectivity index (χ1) is 14.1. The maximum absolute atomic E-state index is 12.7. The molecule has 0 bridgehead atoms. The number of hydrogen-bond acceptors (Lipinski definition) is 6. The number of nitrogens with zero attached hydrogens (tertiary/aromatic N) is 4. The molecule has 2 fully saturated rings. The van der Waals surface area contributed by atoms with E-state index in [4.69, 9.17) is 4.42 Å². The van der Waals surface area contributed by atoms with Crippen molar-refractivity contribution in [2.45, 2.75) is 39.2 Å². The van der Waals surface area contributed by atoms with Crippen molar-refractivity contribution in [3.05, 3.63) is 47.9 Å². The first kappa shape index (κ1) is 20.0. The van der Waals surface area contributed by atoms with E-state index in [1.165, 1.54) is 0 Å². The van der Waals surface area contributed by atoms with Crippen molar-refractivity contribution in [1.82, 2.24) is 19.8 Å². The Labute approximate surface area is 171 Å². The molecule has 0 radical (unpaired) electrons. The van der Waals surface area contributed by atoms with Crippen LogP contribution >= 0.6 is 0 Å². The van der Waals surface area contributed by atoms with Crippen molar-refractivity contribution in [2.75, 3.05) is 32.8 Å². The summed E-state index contributed by atoms with van der Waals surface area (Å²) in [7, 11) is 0. The molecule has 0 saturated carbocycles. The molecule has 0 spiro atoms. The summed E-state index contributed by atoms with van der Waals surface area (Å²) < 4.78 is 5.93. The lowest BCUT2D eigenvalue weighted by molar-refractivity contribution is -0.130. The molecule has 4 heterocycles. The monoisotopic (exact) mass is 398 g/mol. The summed E-state index contributed by atoms with van der Waals surface area (Å²) in [5, 5.41) is 10.2. The number of rotatable bonds is 8. The van der Waals surface area contributed by atoms with Gasteiger partial charge in [0.05, 0.1) is 18.8 Å². The summed E-state index contributed by atoms with van der Waals surface area (Å²) in [6.07, 6.45) is 8.08. The highest BCUT2D eigenvalue weighted by molar-refractivity contribution is 5.77. The fraction of sp³-hybridized carbons (Fsp3) is 0.591. The van der Waals surface area contributed by atoms with Gasteiger partial charge < -0.3 is 14.4 Å². The quantitative estimate of drug-likeness (QED) is 0.731. The topological polar surface area (TPSA) is 82.7 Å². The highest BCUT2D eigenvalue weighted by Gasteiger charge is 2.52. The summed E-state index contributed by atoms with van der Waals surface area (Å²) in [5.74, 6) is 2.47. The zero-order valence-corrected chi connectivity index (χ0v) is 17.1. The average Bonchev–Trinajstić information content (AvgIpc) is 3.40. The van der Waals surface area contributed by atoms with E-state index in [2.05, 4.69) is 33.9 Å². The van der Waals surface area contributed by atoms with Gasteiger partial charge in [-0.25, -0.2) is 0 Å². The Bertz CT molecular complexity index is 824. The third-order valence-corrected chi connectivity index (χ3v) is 6.30. The number of fused-ring (bicyclic) bond motifs is 1. The Hall–Kier alpha value is -2.25. The molecule has 29 heavy (non-hydrogen) atoms. The zero-order valence-electron chi connectivity index (χ0n) is 17.1. The van der Waals surface area contributed by atoms with Gasteiger partial charge in [0.1, 0.15) is 11.5 Å². The van der Waals surface area contributed by atoms with Crippen LogP contribution in [0.3, 0.4) is 0 Å². The lowest BCUT2D eigenvalue weighted by Crippen LogP contribution is -2.38. The van der Waals surface area contributed by atoms with Crippen LogP contribution in [-0.2, 0) is 24.2 Å². The van der Waals surface area contributed by atoms with Crippen molar-refractivity contribution in [3.8, 4) is 0 Å². The van der Waals surface area contributed by atoms with Crippen molar-refractivity contribution >= 4 is 5.91 Å². The first-order valence-electron chi connectivity index (χ1n) is 10.6. The molecule has 1 N–H and O–H groups in total. The predicted octanol–water partition coefficient (Wildman–Crippen LogP) is 1.91. The second-order valence-electron chi connectivity index (χ2n) is 8.48. The number of carbonyl (C=O) groups is 1. The summed E-state index contributed by atoms with van der Waals surface area (Å²) in [5.41, 5.74) is 0.616. The van der Waals surface area contributed by atoms with E-state index in [-0.39, 0.29) is 17.9 Å². The highest BCUT2D eigenvalue weighted by Crippen LogP contribution is 2.42. The number of furan rings is 1. The number of hydrogen-bond donors (Lipinski definition) is 1. The highest BCUT2D eigenvalue weighted by atomic mass is 16.3. The van der Waals surface area contributed by atoms with Crippen LogP contribution in [0.4, 0.5) is 0 Å². The molecule has 0 aliphatic carbocycles. The van der Waals surface area contributed by atoms with Crippen molar-refractivity contribution in [1.29, 1.82) is 0 Å². The van der Waals surface area contributed by atoms with Crippen LogP contribution in [0.5, 0.6) is 0 Å². The van der Waals surface area contributed by atoms with Gasteiger partial charge in [0.2, 0.25) is 5.91 Å². The van der Waals surface area contributed by atoms with Crippen LogP contribution in [-0.4, -0.2) is 63.6 Å². The molecular formula is C22H30N4O3. The van der Waals surface area contributed by atoms with Crippen LogP contribution in [0.15, 0.2) is 35.1 Å². The minimum absolute atomic E-state index is 0.112. The Morgan fingerprint density at radius 1 is 1.24 bits per heavy atom. The van der Waals surface area contributed by atoms with E-state index < -0.39 is 0 Å². The largest absolute Gasteiger partial charge is 0.465 e. The summed E-state index contributed by atoms with van der Waals surface area (Å²) in [4.78, 5) is 25.3. The molecule has 1 amide bonds. The van der Waals surface area contributed by atoms with Gasteiger partial charge in [-0.1, -0.05) is 6.92 Å². The average molecular weight is 399 g/mol. The third kappa shape index (κ3) is 4.36. The van der Waals surface area contributed by atoms with E-state index in [1.54, 1.807) is 18.6 Å². The van der Waals surface area contributed by atoms with Crippen LogP contribution < -0.4 is 0 Å². The number of aliphatic hydroxyl groups is 1. The predicted molar refractivity (Wildman–Crippen MR) is 108 cm³/mol. The van der Waals surface area contributed by atoms with Gasteiger partial charge in [-0.3, -0.25) is 19.7 Å². The minimum Gasteiger partial charge on any atom is -0.465 e. The van der Waals surface area contributed by atoms with E-state index in [0.717, 1.165) is 56.2 Å². The van der Waals surface area contributed by atoms with Crippen molar-refractivity contribution in [2.24, 2.45) is 11.3 Å². The Kier molecular flexibility index (Phi) is 5.96. The molecule has 2 aromatic heterocycles. The maximum Gasteiger partial charge on any atom is 0.222 e. The normalized spacial score (nSPS) is 24.2. The standard InChI is InChI=1S/C22H30N4O3/c1-2-3-19-5-6-20(29-19)13-25-11-17-12-26(15-22(17,14-25)16-27)21(28)7-4-18-10-23-8-9-24-18/h5-6,8-10,17,27H,2-4,7,11-16H2,1H3/t17-,22+/m0/s1. The van der Waals surface area contributed by atoms with Crippen LogP contribution in [0.2, 0.25) is 0 Å². The number of likely N-dealkylation sites (tertiary alicyclic amines) is 2. The molecule has 2 aliphatic heterocycles. The summed E-state index contributed by atoms with van der Waals surface area (Å²) in [6.45, 7) is 6.06. The zero-order chi connectivity index (χ0) is 20.3. The molecule has 156 valence electrons. The third-order valence-electron chi connectivity index (χ3n) is 6.30. The molecule has 4 rings (SSSR count). The number of carbonyl (C=O) groups excluding carboxylic acids is 1. The van der Waals surface area contributed by atoms with Gasteiger partial charge in [0, 0.05) is 63.0 Å². The van der Waals surface area contributed by atoms with Crippen molar-refractivity contribution in [3.63, 3.8) is 0 Å². The molecule has 2 saturated heterocycles. The minimum atomic E-state index is -0.221. The Morgan fingerprint density at radius 3 is 2.83 bits per heavy atom. The Morgan fingerprint density at radius 2 is 2.10 bits per heavy atom. The first-order valence-corrected chi connectivity index (χ1v) is 10.6. The van der Waals surface area contributed by atoms with Crippen LogP contribution in [0.25, 0.3) is 0 Å².